The van der Waals surface area contributed by atoms with Gasteiger partial charge in [-0.25, -0.2) is 0 Å². The molecule has 1 aromatic carbocycles. The van der Waals surface area contributed by atoms with Crippen molar-refractivity contribution in [1.82, 2.24) is 9.80 Å². The maximum Gasteiger partial charge on any atom is 0.306 e. The normalized spacial score (nSPS) is 22.3. The van der Waals surface area contributed by atoms with Gasteiger partial charge in [0.15, 0.2) is 0 Å². The van der Waals surface area contributed by atoms with E-state index < -0.39 is 5.41 Å². The summed E-state index contributed by atoms with van der Waals surface area (Å²) < 4.78 is 4.58. The molecule has 2 heterocycles. The lowest BCUT2D eigenvalue weighted by Crippen LogP contribution is -2.39. The topological polar surface area (TPSA) is 66.9 Å². The van der Waals surface area contributed by atoms with E-state index in [1.807, 2.05) is 23.1 Å². The first-order valence-corrected chi connectivity index (χ1v) is 9.22. The summed E-state index contributed by atoms with van der Waals surface area (Å²) in [6.45, 7) is 2.56. The average molecular weight is 358 g/mol. The Morgan fingerprint density at radius 2 is 1.85 bits per heavy atom. The molecular formula is C20H26N2O4. The number of esters is 1. The molecule has 6 nitrogen and oxygen atoms in total. The van der Waals surface area contributed by atoms with Crippen molar-refractivity contribution < 1.29 is 19.1 Å². The third-order valence-electron chi connectivity index (χ3n) is 5.59. The van der Waals surface area contributed by atoms with Gasteiger partial charge in [0.05, 0.1) is 18.9 Å². The minimum atomic E-state index is -0.419. The number of carbonyl (C=O) groups excluding carboxylic acids is 3. The number of amides is 2. The smallest absolute Gasteiger partial charge is 0.306 e. The standard InChI is InChI=1S/C20H26N2O4/c1-26-18(24)8-7-17(23)22-14-11-20(15-22)10-13-21(19(20)25)12-9-16-5-3-2-4-6-16/h2-6H,7-15H2,1H3. The van der Waals surface area contributed by atoms with Gasteiger partial charge in [-0.15, -0.1) is 0 Å². The number of rotatable bonds is 6. The van der Waals surface area contributed by atoms with Crippen LogP contribution in [-0.4, -0.2) is 60.9 Å². The summed E-state index contributed by atoms with van der Waals surface area (Å²) in [6.07, 6.45) is 2.62. The van der Waals surface area contributed by atoms with Crippen LogP contribution >= 0.6 is 0 Å². The molecule has 0 aliphatic carbocycles. The molecule has 0 radical (unpaired) electrons. The quantitative estimate of drug-likeness (QED) is 0.725. The van der Waals surface area contributed by atoms with E-state index in [9.17, 15) is 14.4 Å². The lowest BCUT2D eigenvalue weighted by atomic mass is 9.85. The van der Waals surface area contributed by atoms with Crippen LogP contribution in [0.15, 0.2) is 30.3 Å². The van der Waals surface area contributed by atoms with Crippen LogP contribution in [0.2, 0.25) is 0 Å². The van der Waals surface area contributed by atoms with Gasteiger partial charge in [-0.1, -0.05) is 30.3 Å². The van der Waals surface area contributed by atoms with Crippen molar-refractivity contribution in [1.29, 1.82) is 0 Å². The van der Waals surface area contributed by atoms with Crippen LogP contribution in [0.25, 0.3) is 0 Å². The molecular weight excluding hydrogens is 332 g/mol. The van der Waals surface area contributed by atoms with Gasteiger partial charge >= 0.3 is 5.97 Å². The summed E-state index contributed by atoms with van der Waals surface area (Å²) in [4.78, 5) is 40.1. The Balaban J connectivity index is 1.52. The highest BCUT2D eigenvalue weighted by Crippen LogP contribution is 2.40. The molecule has 1 unspecified atom stereocenters. The predicted molar refractivity (Wildman–Crippen MR) is 96.2 cm³/mol. The van der Waals surface area contributed by atoms with Gasteiger partial charge in [0.25, 0.3) is 0 Å². The molecule has 2 amide bonds. The van der Waals surface area contributed by atoms with E-state index >= 15 is 0 Å². The van der Waals surface area contributed by atoms with Crippen LogP contribution in [0, 0.1) is 5.41 Å². The fraction of sp³-hybridized carbons (Fsp3) is 0.550. The van der Waals surface area contributed by atoms with Crippen LogP contribution in [0.4, 0.5) is 0 Å². The summed E-state index contributed by atoms with van der Waals surface area (Å²) in [6, 6.07) is 10.2. The molecule has 1 spiro atoms. The van der Waals surface area contributed by atoms with Gasteiger partial charge in [0.2, 0.25) is 11.8 Å². The molecule has 0 N–H and O–H groups in total. The van der Waals surface area contributed by atoms with Crippen molar-refractivity contribution in [3.05, 3.63) is 35.9 Å². The molecule has 1 atom stereocenters. The van der Waals surface area contributed by atoms with Gasteiger partial charge < -0.3 is 14.5 Å². The van der Waals surface area contributed by atoms with Crippen LogP contribution < -0.4 is 0 Å². The van der Waals surface area contributed by atoms with Crippen molar-refractivity contribution in [3.63, 3.8) is 0 Å². The Labute approximate surface area is 154 Å². The van der Waals surface area contributed by atoms with E-state index in [4.69, 9.17) is 0 Å². The van der Waals surface area contributed by atoms with Gasteiger partial charge in [0.1, 0.15) is 0 Å². The number of ether oxygens (including phenoxy) is 1. The molecule has 2 aliphatic rings. The summed E-state index contributed by atoms with van der Waals surface area (Å²) in [5.74, 6) is -0.268. The second kappa shape index (κ2) is 7.89. The number of carbonyl (C=O) groups is 3. The summed E-state index contributed by atoms with van der Waals surface area (Å²) >= 11 is 0. The zero-order chi connectivity index (χ0) is 18.6. The zero-order valence-electron chi connectivity index (χ0n) is 15.3. The Kier molecular flexibility index (Phi) is 5.59. The van der Waals surface area contributed by atoms with Crippen molar-refractivity contribution >= 4 is 17.8 Å². The third-order valence-corrected chi connectivity index (χ3v) is 5.59. The molecule has 6 heteroatoms. The van der Waals surface area contributed by atoms with Gasteiger partial charge in [-0.05, 0) is 24.8 Å². The van der Waals surface area contributed by atoms with E-state index in [-0.39, 0.29) is 30.6 Å². The minimum Gasteiger partial charge on any atom is -0.469 e. The molecule has 2 aliphatic heterocycles. The first-order chi connectivity index (χ1) is 12.5. The lowest BCUT2D eigenvalue weighted by molar-refractivity contribution is -0.143. The largest absolute Gasteiger partial charge is 0.469 e. The van der Waals surface area contributed by atoms with Gasteiger partial charge in [-0.2, -0.15) is 0 Å². The number of likely N-dealkylation sites (tertiary alicyclic amines) is 2. The minimum absolute atomic E-state index is 0.0668. The average Bonchev–Trinajstić information content (AvgIpc) is 3.24. The van der Waals surface area contributed by atoms with Crippen LogP contribution in [-0.2, 0) is 25.5 Å². The van der Waals surface area contributed by atoms with Crippen molar-refractivity contribution in [2.45, 2.75) is 32.1 Å². The SMILES string of the molecule is COC(=O)CCC(=O)N1CCC2(CCN(CCc3ccccc3)C2=O)C1. The first-order valence-electron chi connectivity index (χ1n) is 9.22. The van der Waals surface area contributed by atoms with E-state index in [1.54, 1.807) is 4.90 Å². The van der Waals surface area contributed by atoms with E-state index in [0.29, 0.717) is 13.1 Å². The number of nitrogens with zero attached hydrogens (tertiary/aromatic N) is 2. The Morgan fingerprint density at radius 1 is 1.12 bits per heavy atom. The Bertz CT molecular complexity index is 676. The molecule has 0 bridgehead atoms. The molecule has 3 rings (SSSR count). The van der Waals surface area contributed by atoms with E-state index in [0.717, 1.165) is 32.4 Å². The second-order valence-corrected chi connectivity index (χ2v) is 7.20. The van der Waals surface area contributed by atoms with Crippen LogP contribution in [0.1, 0.15) is 31.2 Å². The number of methoxy groups -OCH3 is 1. The Morgan fingerprint density at radius 3 is 2.58 bits per heavy atom. The van der Waals surface area contributed by atoms with Crippen molar-refractivity contribution in [2.24, 2.45) is 5.41 Å². The maximum absolute atomic E-state index is 12.9. The molecule has 2 fully saturated rings. The molecule has 0 saturated carbocycles. The highest BCUT2D eigenvalue weighted by atomic mass is 16.5. The fourth-order valence-electron chi connectivity index (χ4n) is 3.95. The molecule has 26 heavy (non-hydrogen) atoms. The molecule has 1 aromatic rings. The van der Waals surface area contributed by atoms with Crippen molar-refractivity contribution in [2.75, 3.05) is 33.3 Å². The summed E-state index contributed by atoms with van der Waals surface area (Å²) in [5.41, 5.74) is 0.810. The lowest BCUT2D eigenvalue weighted by Gasteiger charge is -2.23. The second-order valence-electron chi connectivity index (χ2n) is 7.20. The van der Waals surface area contributed by atoms with Gasteiger partial charge in [0, 0.05) is 32.6 Å². The highest BCUT2D eigenvalue weighted by molar-refractivity contribution is 5.88. The van der Waals surface area contributed by atoms with E-state index in [2.05, 4.69) is 16.9 Å². The monoisotopic (exact) mass is 358 g/mol. The number of hydrogen-bond donors (Lipinski definition) is 0. The maximum atomic E-state index is 12.9. The van der Waals surface area contributed by atoms with Crippen molar-refractivity contribution in [3.8, 4) is 0 Å². The summed E-state index contributed by atoms with van der Waals surface area (Å²) in [7, 11) is 1.32. The fourth-order valence-corrected chi connectivity index (χ4v) is 3.95. The van der Waals surface area contributed by atoms with Gasteiger partial charge in [-0.3, -0.25) is 14.4 Å². The predicted octanol–water partition coefficient (Wildman–Crippen LogP) is 1.63. The molecule has 0 aromatic heterocycles. The van der Waals surface area contributed by atoms with E-state index in [1.165, 1.54) is 12.7 Å². The third kappa shape index (κ3) is 3.89. The highest BCUT2D eigenvalue weighted by Gasteiger charge is 2.51. The summed E-state index contributed by atoms with van der Waals surface area (Å²) in [5, 5.41) is 0. The number of benzene rings is 1. The molecule has 2 saturated heterocycles. The number of hydrogen-bond acceptors (Lipinski definition) is 4. The van der Waals surface area contributed by atoms with Crippen LogP contribution in [0.5, 0.6) is 0 Å². The van der Waals surface area contributed by atoms with Crippen LogP contribution in [0.3, 0.4) is 0 Å². The zero-order valence-corrected chi connectivity index (χ0v) is 15.3. The first kappa shape index (κ1) is 18.4. The Hall–Kier alpha value is -2.37. The molecule has 140 valence electrons.